The van der Waals surface area contributed by atoms with E-state index in [2.05, 4.69) is 10.3 Å². The molecule has 1 amide bonds. The number of nitrogens with two attached hydrogens (primary N) is 1. The molecule has 0 saturated heterocycles. The molecule has 1 heterocycles. The Morgan fingerprint density at radius 2 is 1.95 bits per heavy atom. The molecule has 2 rings (SSSR count). The van der Waals surface area contributed by atoms with E-state index in [0.29, 0.717) is 25.3 Å². The summed E-state index contributed by atoms with van der Waals surface area (Å²) in [5.41, 5.74) is 7.98. The maximum Gasteiger partial charge on any atom is 0.226 e. The Morgan fingerprint density at radius 3 is 2.67 bits per heavy atom. The summed E-state index contributed by atoms with van der Waals surface area (Å²) in [6.45, 7) is 0.958. The van der Waals surface area contributed by atoms with Gasteiger partial charge in [-0.15, -0.1) is 0 Å². The molecule has 0 unspecified atom stereocenters. The molecule has 21 heavy (non-hydrogen) atoms. The van der Waals surface area contributed by atoms with Gasteiger partial charge in [-0.2, -0.15) is 0 Å². The number of carbonyl (C=O) groups is 1. The van der Waals surface area contributed by atoms with Crippen LogP contribution in [0.2, 0.25) is 0 Å². The Kier molecular flexibility index (Phi) is 5.72. The maximum absolute atomic E-state index is 11.7. The largest absolute Gasteiger partial charge is 0.399 e. The minimum Gasteiger partial charge on any atom is -0.399 e. The van der Waals surface area contributed by atoms with Gasteiger partial charge in [-0.3, -0.25) is 9.78 Å². The quantitative estimate of drug-likeness (QED) is 0.604. The Bertz CT molecular complexity index is 555. The van der Waals surface area contributed by atoms with Gasteiger partial charge in [0.05, 0.1) is 19.6 Å². The second kappa shape index (κ2) is 8.01. The number of rotatable bonds is 7. The van der Waals surface area contributed by atoms with Gasteiger partial charge in [-0.25, -0.2) is 0 Å². The van der Waals surface area contributed by atoms with Crippen LogP contribution < -0.4 is 11.1 Å². The van der Waals surface area contributed by atoms with Crippen molar-refractivity contribution in [1.82, 2.24) is 4.98 Å². The van der Waals surface area contributed by atoms with Crippen LogP contribution in [0.4, 0.5) is 11.4 Å². The Labute approximate surface area is 124 Å². The number of amides is 1. The number of hydrogen-bond donors (Lipinski definition) is 2. The average molecular weight is 285 g/mol. The van der Waals surface area contributed by atoms with Crippen molar-refractivity contribution in [3.05, 3.63) is 54.4 Å². The molecule has 0 aliphatic heterocycles. The summed E-state index contributed by atoms with van der Waals surface area (Å²) in [6.07, 6.45) is 2.84. The van der Waals surface area contributed by atoms with Gasteiger partial charge in [0.2, 0.25) is 5.91 Å². The maximum atomic E-state index is 11.7. The molecule has 0 aliphatic rings. The van der Waals surface area contributed by atoms with Gasteiger partial charge in [0.1, 0.15) is 0 Å². The van der Waals surface area contributed by atoms with Gasteiger partial charge >= 0.3 is 0 Å². The first-order valence-electron chi connectivity index (χ1n) is 6.87. The summed E-state index contributed by atoms with van der Waals surface area (Å²) >= 11 is 0. The van der Waals surface area contributed by atoms with Crippen molar-refractivity contribution in [2.45, 2.75) is 12.8 Å². The van der Waals surface area contributed by atoms with E-state index in [1.165, 1.54) is 0 Å². The summed E-state index contributed by atoms with van der Waals surface area (Å²) in [5, 5.41) is 2.79. The first kappa shape index (κ1) is 15.0. The molecule has 110 valence electrons. The van der Waals surface area contributed by atoms with Gasteiger partial charge in [0.15, 0.2) is 0 Å². The molecule has 1 aromatic heterocycles. The van der Waals surface area contributed by atoms with Crippen molar-refractivity contribution in [2.75, 3.05) is 24.3 Å². The van der Waals surface area contributed by atoms with E-state index >= 15 is 0 Å². The summed E-state index contributed by atoms with van der Waals surface area (Å²) < 4.78 is 5.44. The lowest BCUT2D eigenvalue weighted by atomic mass is 10.3. The molecule has 5 heteroatoms. The molecule has 5 nitrogen and oxygen atoms in total. The number of carbonyl (C=O) groups excluding carboxylic acids is 1. The van der Waals surface area contributed by atoms with Gasteiger partial charge in [0.25, 0.3) is 0 Å². The monoisotopic (exact) mass is 285 g/mol. The summed E-state index contributed by atoms with van der Waals surface area (Å²) in [4.78, 5) is 15.9. The van der Waals surface area contributed by atoms with E-state index < -0.39 is 0 Å². The highest BCUT2D eigenvalue weighted by atomic mass is 16.5. The molecular weight excluding hydrogens is 266 g/mol. The van der Waals surface area contributed by atoms with Crippen molar-refractivity contribution in [1.29, 1.82) is 0 Å². The van der Waals surface area contributed by atoms with Crippen molar-refractivity contribution >= 4 is 17.3 Å². The van der Waals surface area contributed by atoms with Crippen LogP contribution in [0.1, 0.15) is 12.1 Å². The van der Waals surface area contributed by atoms with Crippen molar-refractivity contribution in [2.24, 2.45) is 0 Å². The standard InChI is InChI=1S/C16H19N3O2/c17-13-4-6-15(7-5-13)19-16(20)9-12-21-11-8-14-3-1-2-10-18-14/h1-7,10H,8-9,11-12,17H2,(H,19,20). The Morgan fingerprint density at radius 1 is 1.14 bits per heavy atom. The minimum absolute atomic E-state index is 0.0717. The lowest BCUT2D eigenvalue weighted by molar-refractivity contribution is -0.117. The van der Waals surface area contributed by atoms with Gasteiger partial charge in [0, 0.05) is 29.7 Å². The topological polar surface area (TPSA) is 77.2 Å². The van der Waals surface area contributed by atoms with Gasteiger partial charge < -0.3 is 15.8 Å². The van der Waals surface area contributed by atoms with Crippen LogP contribution in [-0.2, 0) is 16.0 Å². The number of benzene rings is 1. The van der Waals surface area contributed by atoms with Crippen molar-refractivity contribution in [3.63, 3.8) is 0 Å². The summed E-state index contributed by atoms with van der Waals surface area (Å²) in [6, 6.07) is 12.8. The zero-order chi connectivity index (χ0) is 14.9. The van der Waals surface area contributed by atoms with Crippen LogP contribution in [-0.4, -0.2) is 24.1 Å². The van der Waals surface area contributed by atoms with E-state index in [0.717, 1.165) is 17.8 Å². The minimum atomic E-state index is -0.0717. The molecule has 0 spiro atoms. The lowest BCUT2D eigenvalue weighted by Crippen LogP contribution is -2.14. The SMILES string of the molecule is Nc1ccc(NC(=O)CCOCCc2ccccn2)cc1. The number of nitrogens with one attached hydrogen (secondary N) is 1. The van der Waals surface area contributed by atoms with Crippen molar-refractivity contribution < 1.29 is 9.53 Å². The van der Waals surface area contributed by atoms with Crippen LogP contribution in [0.25, 0.3) is 0 Å². The van der Waals surface area contributed by atoms with Gasteiger partial charge in [-0.1, -0.05) is 6.07 Å². The normalized spacial score (nSPS) is 10.3. The number of nitrogen functional groups attached to an aromatic ring is 1. The second-order valence-electron chi connectivity index (χ2n) is 4.60. The average Bonchev–Trinajstić information content (AvgIpc) is 2.50. The molecule has 1 aromatic carbocycles. The summed E-state index contributed by atoms with van der Waals surface area (Å²) in [5.74, 6) is -0.0717. The number of pyridine rings is 1. The highest BCUT2D eigenvalue weighted by molar-refractivity contribution is 5.90. The number of aromatic nitrogens is 1. The Hall–Kier alpha value is -2.40. The molecule has 0 aliphatic carbocycles. The Balaban J connectivity index is 1.60. The van der Waals surface area contributed by atoms with Crippen LogP contribution >= 0.6 is 0 Å². The van der Waals surface area contributed by atoms with Crippen LogP contribution in [0.15, 0.2) is 48.7 Å². The number of hydrogen-bond acceptors (Lipinski definition) is 4. The predicted molar refractivity (Wildman–Crippen MR) is 82.9 cm³/mol. The van der Waals surface area contributed by atoms with Crippen LogP contribution in [0.3, 0.4) is 0 Å². The zero-order valence-electron chi connectivity index (χ0n) is 11.8. The highest BCUT2D eigenvalue weighted by Crippen LogP contribution is 2.10. The third-order valence-electron chi connectivity index (χ3n) is 2.90. The smallest absolute Gasteiger partial charge is 0.226 e. The third-order valence-corrected chi connectivity index (χ3v) is 2.90. The van der Waals surface area contributed by atoms with E-state index in [9.17, 15) is 4.79 Å². The van der Waals surface area contributed by atoms with Gasteiger partial charge in [-0.05, 0) is 36.4 Å². The molecule has 0 fully saturated rings. The molecule has 0 bridgehead atoms. The number of anilines is 2. The fourth-order valence-electron chi connectivity index (χ4n) is 1.78. The zero-order valence-corrected chi connectivity index (χ0v) is 11.8. The molecule has 0 radical (unpaired) electrons. The fraction of sp³-hybridized carbons (Fsp3) is 0.250. The third kappa shape index (κ3) is 5.62. The van der Waals surface area contributed by atoms with E-state index in [1.54, 1.807) is 30.5 Å². The first-order valence-corrected chi connectivity index (χ1v) is 6.87. The molecule has 0 atom stereocenters. The lowest BCUT2D eigenvalue weighted by Gasteiger charge is -2.06. The fourth-order valence-corrected chi connectivity index (χ4v) is 1.78. The van der Waals surface area contributed by atoms with E-state index in [-0.39, 0.29) is 5.91 Å². The van der Waals surface area contributed by atoms with E-state index in [4.69, 9.17) is 10.5 Å². The first-order chi connectivity index (χ1) is 10.2. The summed E-state index contributed by atoms with van der Waals surface area (Å²) in [7, 11) is 0. The molecular formula is C16H19N3O2. The molecule has 0 saturated carbocycles. The molecule has 3 N–H and O–H groups in total. The second-order valence-corrected chi connectivity index (χ2v) is 4.60. The van der Waals surface area contributed by atoms with Crippen LogP contribution in [0, 0.1) is 0 Å². The molecule has 2 aromatic rings. The van der Waals surface area contributed by atoms with Crippen LogP contribution in [0.5, 0.6) is 0 Å². The number of ether oxygens (including phenoxy) is 1. The van der Waals surface area contributed by atoms with E-state index in [1.807, 2.05) is 18.2 Å². The number of nitrogens with zero attached hydrogens (tertiary/aromatic N) is 1. The predicted octanol–water partition coefficient (Wildman–Crippen LogP) is 2.25. The highest BCUT2D eigenvalue weighted by Gasteiger charge is 2.02. The van der Waals surface area contributed by atoms with Crippen molar-refractivity contribution in [3.8, 4) is 0 Å².